The monoisotopic (exact) mass is 375 g/mol. The quantitative estimate of drug-likeness (QED) is 0.559. The Morgan fingerprint density at radius 1 is 0.929 bits per heavy atom. The van der Waals surface area contributed by atoms with Gasteiger partial charge in [0.2, 0.25) is 0 Å². The molecule has 1 saturated heterocycles. The fraction of sp³-hybridized carbons (Fsp3) is 0.400. The Labute approximate surface area is 170 Å². The van der Waals surface area contributed by atoms with Gasteiger partial charge in [-0.1, -0.05) is 51.1 Å². The van der Waals surface area contributed by atoms with Gasteiger partial charge in [0.1, 0.15) is 0 Å². The van der Waals surface area contributed by atoms with E-state index in [0.717, 1.165) is 6.54 Å². The van der Waals surface area contributed by atoms with Crippen LogP contribution in [0.2, 0.25) is 0 Å². The SMILES string of the molecule is CC.CCN1CCC(c2cc(-c3ccncc3)c(-c3ccccc3)n2C)CC1. The fourth-order valence-corrected chi connectivity index (χ4v) is 4.26. The minimum atomic E-state index is 0.640. The lowest BCUT2D eigenvalue weighted by atomic mass is 9.93. The number of hydrogen-bond acceptors (Lipinski definition) is 2. The molecule has 1 aliphatic heterocycles. The van der Waals surface area contributed by atoms with E-state index in [0.29, 0.717) is 5.92 Å². The van der Waals surface area contributed by atoms with E-state index in [1.165, 1.54) is 54.0 Å². The molecular formula is C25H33N3. The van der Waals surface area contributed by atoms with Crippen molar-refractivity contribution in [3.8, 4) is 22.4 Å². The number of pyridine rings is 1. The van der Waals surface area contributed by atoms with Crippen LogP contribution in [0.5, 0.6) is 0 Å². The largest absolute Gasteiger partial charge is 0.347 e. The summed E-state index contributed by atoms with van der Waals surface area (Å²) in [6.45, 7) is 9.84. The van der Waals surface area contributed by atoms with Gasteiger partial charge in [-0.2, -0.15) is 0 Å². The van der Waals surface area contributed by atoms with E-state index >= 15 is 0 Å². The molecule has 0 radical (unpaired) electrons. The maximum absolute atomic E-state index is 4.20. The zero-order valence-corrected chi connectivity index (χ0v) is 17.7. The van der Waals surface area contributed by atoms with Gasteiger partial charge >= 0.3 is 0 Å². The van der Waals surface area contributed by atoms with Gasteiger partial charge in [0, 0.05) is 36.6 Å². The molecule has 0 saturated carbocycles. The predicted octanol–water partition coefficient (Wildman–Crippen LogP) is 5.98. The average molecular weight is 376 g/mol. The van der Waals surface area contributed by atoms with Crippen molar-refractivity contribution in [3.63, 3.8) is 0 Å². The van der Waals surface area contributed by atoms with Gasteiger partial charge in [0.25, 0.3) is 0 Å². The molecule has 0 unspecified atom stereocenters. The van der Waals surface area contributed by atoms with Gasteiger partial charge in [-0.25, -0.2) is 0 Å². The van der Waals surface area contributed by atoms with Gasteiger partial charge in [0.05, 0.1) is 5.69 Å². The van der Waals surface area contributed by atoms with E-state index in [4.69, 9.17) is 0 Å². The van der Waals surface area contributed by atoms with Crippen molar-refractivity contribution in [2.75, 3.05) is 19.6 Å². The number of benzene rings is 1. The molecule has 3 aromatic rings. The molecule has 0 atom stereocenters. The second-order valence-corrected chi connectivity index (χ2v) is 7.20. The second kappa shape index (κ2) is 9.70. The molecule has 3 heteroatoms. The third-order valence-electron chi connectivity index (χ3n) is 5.76. The third kappa shape index (κ3) is 4.20. The summed E-state index contributed by atoms with van der Waals surface area (Å²) in [4.78, 5) is 6.75. The zero-order valence-electron chi connectivity index (χ0n) is 17.7. The lowest BCUT2D eigenvalue weighted by molar-refractivity contribution is 0.219. The first-order valence-corrected chi connectivity index (χ1v) is 10.7. The number of rotatable bonds is 4. The Morgan fingerprint density at radius 2 is 1.57 bits per heavy atom. The molecule has 0 N–H and O–H groups in total. The molecule has 1 fully saturated rings. The highest BCUT2D eigenvalue weighted by atomic mass is 15.1. The van der Waals surface area contributed by atoms with Crippen LogP contribution in [0.15, 0.2) is 60.9 Å². The molecule has 1 aromatic carbocycles. The highest BCUT2D eigenvalue weighted by Crippen LogP contribution is 2.39. The third-order valence-corrected chi connectivity index (χ3v) is 5.76. The summed E-state index contributed by atoms with van der Waals surface area (Å²) in [6, 6.07) is 17.4. The van der Waals surface area contributed by atoms with Crippen molar-refractivity contribution >= 4 is 0 Å². The van der Waals surface area contributed by atoms with E-state index < -0.39 is 0 Å². The van der Waals surface area contributed by atoms with E-state index in [1.807, 2.05) is 26.2 Å². The number of nitrogens with zero attached hydrogens (tertiary/aromatic N) is 3. The van der Waals surface area contributed by atoms with E-state index in [2.05, 4.69) is 77.0 Å². The Morgan fingerprint density at radius 3 is 2.18 bits per heavy atom. The summed E-state index contributed by atoms with van der Waals surface area (Å²) in [5, 5.41) is 0. The normalized spacial score (nSPS) is 15.1. The van der Waals surface area contributed by atoms with E-state index in [1.54, 1.807) is 0 Å². The van der Waals surface area contributed by atoms with Crippen LogP contribution in [0.1, 0.15) is 45.2 Å². The van der Waals surface area contributed by atoms with Crippen molar-refractivity contribution in [1.29, 1.82) is 0 Å². The summed E-state index contributed by atoms with van der Waals surface area (Å²) in [6.07, 6.45) is 6.26. The number of hydrogen-bond donors (Lipinski definition) is 0. The van der Waals surface area contributed by atoms with Crippen LogP contribution in [-0.4, -0.2) is 34.1 Å². The molecule has 28 heavy (non-hydrogen) atoms. The van der Waals surface area contributed by atoms with Crippen LogP contribution in [0, 0.1) is 0 Å². The van der Waals surface area contributed by atoms with Gasteiger partial charge in [-0.3, -0.25) is 4.98 Å². The lowest BCUT2D eigenvalue weighted by Gasteiger charge is -2.31. The van der Waals surface area contributed by atoms with Crippen molar-refractivity contribution < 1.29 is 0 Å². The average Bonchev–Trinajstić information content (AvgIpc) is 3.13. The molecular weight excluding hydrogens is 342 g/mol. The zero-order chi connectivity index (χ0) is 19.9. The summed E-state index contributed by atoms with van der Waals surface area (Å²) in [7, 11) is 2.23. The molecule has 0 amide bonds. The minimum Gasteiger partial charge on any atom is -0.347 e. The maximum Gasteiger partial charge on any atom is 0.0559 e. The van der Waals surface area contributed by atoms with E-state index in [-0.39, 0.29) is 0 Å². The first-order valence-electron chi connectivity index (χ1n) is 10.7. The van der Waals surface area contributed by atoms with Crippen LogP contribution in [0.4, 0.5) is 0 Å². The molecule has 1 aliphatic rings. The standard InChI is InChI=1S/C23H27N3.C2H6/c1-3-26-15-11-19(12-16-26)22-17-21(18-9-13-24-14-10-18)23(25(22)2)20-7-5-4-6-8-20;1-2/h4-10,13-14,17,19H,3,11-12,15-16H2,1-2H3;1-2H3. The first-order chi connectivity index (χ1) is 13.8. The first kappa shape index (κ1) is 20.3. The molecule has 0 aliphatic carbocycles. The van der Waals surface area contributed by atoms with Gasteiger partial charge in [0.15, 0.2) is 0 Å². The van der Waals surface area contributed by atoms with Crippen molar-refractivity contribution in [2.45, 2.75) is 39.5 Å². The van der Waals surface area contributed by atoms with Crippen LogP contribution in [0.3, 0.4) is 0 Å². The smallest absolute Gasteiger partial charge is 0.0559 e. The van der Waals surface area contributed by atoms with Gasteiger partial charge < -0.3 is 9.47 Å². The van der Waals surface area contributed by atoms with Crippen LogP contribution < -0.4 is 0 Å². The van der Waals surface area contributed by atoms with Crippen molar-refractivity contribution in [1.82, 2.24) is 14.5 Å². The summed E-state index contributed by atoms with van der Waals surface area (Å²) < 4.78 is 2.43. The topological polar surface area (TPSA) is 21.1 Å². The minimum absolute atomic E-state index is 0.640. The van der Waals surface area contributed by atoms with E-state index in [9.17, 15) is 0 Å². The molecule has 148 valence electrons. The van der Waals surface area contributed by atoms with Crippen LogP contribution in [-0.2, 0) is 7.05 Å². The summed E-state index contributed by atoms with van der Waals surface area (Å²) in [5.41, 5.74) is 6.61. The van der Waals surface area contributed by atoms with Crippen LogP contribution in [0.25, 0.3) is 22.4 Å². The van der Waals surface area contributed by atoms with Crippen molar-refractivity contribution in [2.24, 2.45) is 7.05 Å². The molecule has 0 spiro atoms. The molecule has 3 nitrogen and oxygen atoms in total. The Balaban J connectivity index is 0.00000109. The molecule has 2 aromatic heterocycles. The fourth-order valence-electron chi connectivity index (χ4n) is 4.26. The van der Waals surface area contributed by atoms with Crippen molar-refractivity contribution in [3.05, 3.63) is 66.6 Å². The second-order valence-electron chi connectivity index (χ2n) is 7.20. The molecule has 4 rings (SSSR count). The summed E-state index contributed by atoms with van der Waals surface area (Å²) in [5.74, 6) is 0.640. The maximum atomic E-state index is 4.20. The highest BCUT2D eigenvalue weighted by molar-refractivity contribution is 5.82. The lowest BCUT2D eigenvalue weighted by Crippen LogP contribution is -2.33. The van der Waals surface area contributed by atoms with Gasteiger partial charge in [-0.15, -0.1) is 0 Å². The number of aromatic nitrogens is 2. The Hall–Kier alpha value is -2.39. The van der Waals surface area contributed by atoms with Gasteiger partial charge in [-0.05, 0) is 61.8 Å². The highest BCUT2D eigenvalue weighted by Gasteiger charge is 2.25. The van der Waals surface area contributed by atoms with Crippen LogP contribution >= 0.6 is 0 Å². The molecule has 3 heterocycles. The number of piperidine rings is 1. The Bertz CT molecular complexity index is 844. The molecule has 0 bridgehead atoms. The Kier molecular flexibility index (Phi) is 7.05. The predicted molar refractivity (Wildman–Crippen MR) is 120 cm³/mol. The number of likely N-dealkylation sites (tertiary alicyclic amines) is 1. The summed E-state index contributed by atoms with van der Waals surface area (Å²) >= 11 is 0.